The molecule has 1 aromatic heterocycles. The number of halogens is 1. The number of aliphatic hydroxyl groups excluding tert-OH is 1. The summed E-state index contributed by atoms with van der Waals surface area (Å²) in [5.74, 6) is 0. The summed E-state index contributed by atoms with van der Waals surface area (Å²) in [7, 11) is 0. The second-order valence-corrected chi connectivity index (χ2v) is 6.49. The number of nitrogens with one attached hydrogen (secondary N) is 1. The van der Waals surface area contributed by atoms with Crippen LogP contribution in [-0.4, -0.2) is 22.2 Å². The smallest absolute Gasteiger partial charge is 0.183 e. The first kappa shape index (κ1) is 13.5. The first-order valence-corrected chi connectivity index (χ1v) is 7.28. The predicted octanol–water partition coefficient (Wildman–Crippen LogP) is 3.76. The number of thiazole rings is 1. The van der Waals surface area contributed by atoms with Crippen LogP contribution in [0.15, 0.2) is 34.1 Å². The summed E-state index contributed by atoms with van der Waals surface area (Å²) in [4.78, 5) is 4.53. The van der Waals surface area contributed by atoms with Gasteiger partial charge in [0.25, 0.3) is 0 Å². The van der Waals surface area contributed by atoms with Gasteiger partial charge in [-0.2, -0.15) is 0 Å². The van der Waals surface area contributed by atoms with Gasteiger partial charge in [-0.05, 0) is 26.0 Å². The standard InChI is InChI=1S/C13H15BrN2OS/c1-13(2,8-17)16-12-15-11(7-18-12)9-4-3-5-10(14)6-9/h3-7,17H,8H2,1-2H3,(H,15,16). The van der Waals surface area contributed by atoms with E-state index in [0.29, 0.717) is 0 Å². The Kier molecular flexibility index (Phi) is 4.04. The van der Waals surface area contributed by atoms with Crippen LogP contribution in [0.4, 0.5) is 5.13 Å². The van der Waals surface area contributed by atoms with Gasteiger partial charge in [0.05, 0.1) is 17.8 Å². The third-order valence-electron chi connectivity index (χ3n) is 2.47. The van der Waals surface area contributed by atoms with Crippen LogP contribution in [0.1, 0.15) is 13.8 Å². The largest absolute Gasteiger partial charge is 0.394 e. The molecular weight excluding hydrogens is 312 g/mol. The second kappa shape index (κ2) is 5.38. The van der Waals surface area contributed by atoms with Crippen molar-refractivity contribution in [2.75, 3.05) is 11.9 Å². The van der Waals surface area contributed by atoms with Crippen LogP contribution in [-0.2, 0) is 0 Å². The molecule has 96 valence electrons. The number of rotatable bonds is 4. The van der Waals surface area contributed by atoms with Gasteiger partial charge in [0.15, 0.2) is 5.13 Å². The summed E-state index contributed by atoms with van der Waals surface area (Å²) in [6.07, 6.45) is 0. The quantitative estimate of drug-likeness (QED) is 0.899. The van der Waals surface area contributed by atoms with Gasteiger partial charge in [-0.15, -0.1) is 11.3 Å². The van der Waals surface area contributed by atoms with Crippen molar-refractivity contribution in [1.82, 2.24) is 4.98 Å². The van der Waals surface area contributed by atoms with Crippen LogP contribution in [0.25, 0.3) is 11.3 Å². The van der Waals surface area contributed by atoms with E-state index in [2.05, 4.69) is 26.2 Å². The topological polar surface area (TPSA) is 45.1 Å². The van der Waals surface area contributed by atoms with E-state index in [4.69, 9.17) is 0 Å². The lowest BCUT2D eigenvalue weighted by atomic mass is 10.1. The maximum Gasteiger partial charge on any atom is 0.183 e. The van der Waals surface area contributed by atoms with Crippen molar-refractivity contribution in [2.45, 2.75) is 19.4 Å². The van der Waals surface area contributed by atoms with Crippen molar-refractivity contribution < 1.29 is 5.11 Å². The minimum absolute atomic E-state index is 0.0683. The minimum Gasteiger partial charge on any atom is -0.394 e. The van der Waals surface area contributed by atoms with Gasteiger partial charge in [-0.1, -0.05) is 28.1 Å². The zero-order valence-electron chi connectivity index (χ0n) is 10.3. The zero-order chi connectivity index (χ0) is 13.2. The van der Waals surface area contributed by atoms with Crippen LogP contribution >= 0.6 is 27.3 Å². The van der Waals surface area contributed by atoms with Gasteiger partial charge in [0.2, 0.25) is 0 Å². The van der Waals surface area contributed by atoms with Crippen LogP contribution in [0.2, 0.25) is 0 Å². The number of benzene rings is 1. The van der Waals surface area contributed by atoms with E-state index in [0.717, 1.165) is 20.9 Å². The molecule has 0 aliphatic rings. The van der Waals surface area contributed by atoms with Crippen LogP contribution in [0, 0.1) is 0 Å². The van der Waals surface area contributed by atoms with Gasteiger partial charge in [0.1, 0.15) is 0 Å². The highest BCUT2D eigenvalue weighted by Crippen LogP contribution is 2.28. The highest BCUT2D eigenvalue weighted by molar-refractivity contribution is 9.10. The third-order valence-corrected chi connectivity index (χ3v) is 3.72. The van der Waals surface area contributed by atoms with E-state index in [1.807, 2.05) is 43.5 Å². The molecule has 1 heterocycles. The average Bonchev–Trinajstić information content (AvgIpc) is 2.77. The van der Waals surface area contributed by atoms with E-state index in [1.165, 1.54) is 0 Å². The molecule has 0 unspecified atom stereocenters. The Morgan fingerprint density at radius 3 is 2.89 bits per heavy atom. The fourth-order valence-corrected chi connectivity index (χ4v) is 2.74. The third kappa shape index (κ3) is 3.31. The van der Waals surface area contributed by atoms with Gasteiger partial charge >= 0.3 is 0 Å². The monoisotopic (exact) mass is 326 g/mol. The van der Waals surface area contributed by atoms with Crippen molar-refractivity contribution >= 4 is 32.4 Å². The molecular formula is C13H15BrN2OS. The van der Waals surface area contributed by atoms with Crippen LogP contribution in [0.3, 0.4) is 0 Å². The van der Waals surface area contributed by atoms with Gasteiger partial charge in [-0.25, -0.2) is 4.98 Å². The molecule has 0 saturated carbocycles. The molecule has 3 nitrogen and oxygen atoms in total. The molecule has 0 radical (unpaired) electrons. The van der Waals surface area contributed by atoms with Crippen molar-refractivity contribution in [1.29, 1.82) is 0 Å². The summed E-state index contributed by atoms with van der Waals surface area (Å²) in [6, 6.07) is 8.05. The Bertz CT molecular complexity index is 539. The van der Waals surface area contributed by atoms with E-state index in [9.17, 15) is 5.11 Å². The Morgan fingerprint density at radius 2 is 2.22 bits per heavy atom. The van der Waals surface area contributed by atoms with Crippen molar-refractivity contribution in [2.24, 2.45) is 0 Å². The maximum absolute atomic E-state index is 9.22. The molecule has 1 aromatic carbocycles. The number of anilines is 1. The first-order valence-electron chi connectivity index (χ1n) is 5.61. The molecule has 0 fully saturated rings. The Hall–Kier alpha value is -0.910. The van der Waals surface area contributed by atoms with Crippen LogP contribution < -0.4 is 5.32 Å². The molecule has 18 heavy (non-hydrogen) atoms. The first-order chi connectivity index (χ1) is 8.50. The van der Waals surface area contributed by atoms with Crippen molar-refractivity contribution in [3.63, 3.8) is 0 Å². The normalized spacial score (nSPS) is 11.6. The van der Waals surface area contributed by atoms with Crippen molar-refractivity contribution in [3.8, 4) is 11.3 Å². The number of hydrogen-bond acceptors (Lipinski definition) is 4. The van der Waals surface area contributed by atoms with Gasteiger partial charge in [-0.3, -0.25) is 0 Å². The summed E-state index contributed by atoms with van der Waals surface area (Å²) in [5.41, 5.74) is 1.67. The van der Waals surface area contributed by atoms with Crippen molar-refractivity contribution in [3.05, 3.63) is 34.1 Å². The molecule has 0 amide bonds. The number of hydrogen-bond donors (Lipinski definition) is 2. The lowest BCUT2D eigenvalue weighted by molar-refractivity contribution is 0.234. The fraction of sp³-hybridized carbons (Fsp3) is 0.308. The van der Waals surface area contributed by atoms with E-state index in [-0.39, 0.29) is 12.1 Å². The Balaban J connectivity index is 2.21. The van der Waals surface area contributed by atoms with E-state index < -0.39 is 0 Å². The summed E-state index contributed by atoms with van der Waals surface area (Å²) >= 11 is 5.00. The molecule has 2 rings (SSSR count). The summed E-state index contributed by atoms with van der Waals surface area (Å²) in [6.45, 7) is 3.94. The molecule has 0 aliphatic carbocycles. The highest BCUT2D eigenvalue weighted by Gasteiger charge is 2.17. The van der Waals surface area contributed by atoms with E-state index >= 15 is 0 Å². The molecule has 0 atom stereocenters. The zero-order valence-corrected chi connectivity index (χ0v) is 12.7. The lowest BCUT2D eigenvalue weighted by Crippen LogP contribution is -2.34. The number of aromatic nitrogens is 1. The SMILES string of the molecule is CC(C)(CO)Nc1nc(-c2cccc(Br)c2)cs1. The Morgan fingerprint density at radius 1 is 1.44 bits per heavy atom. The maximum atomic E-state index is 9.22. The summed E-state index contributed by atoms with van der Waals surface area (Å²) in [5, 5.41) is 15.3. The molecule has 2 N–H and O–H groups in total. The van der Waals surface area contributed by atoms with E-state index in [1.54, 1.807) is 11.3 Å². The molecule has 0 bridgehead atoms. The molecule has 0 saturated heterocycles. The molecule has 5 heteroatoms. The van der Waals surface area contributed by atoms with Gasteiger partial charge in [0, 0.05) is 15.4 Å². The fourth-order valence-electron chi connectivity index (χ4n) is 1.44. The molecule has 0 aliphatic heterocycles. The lowest BCUT2D eigenvalue weighted by Gasteiger charge is -2.22. The summed E-state index contributed by atoms with van der Waals surface area (Å²) < 4.78 is 1.04. The van der Waals surface area contributed by atoms with Crippen LogP contribution in [0.5, 0.6) is 0 Å². The number of aliphatic hydroxyl groups is 1. The highest BCUT2D eigenvalue weighted by atomic mass is 79.9. The molecule has 0 spiro atoms. The average molecular weight is 327 g/mol. The second-order valence-electron chi connectivity index (χ2n) is 4.72. The molecule has 2 aromatic rings. The van der Waals surface area contributed by atoms with Gasteiger partial charge < -0.3 is 10.4 Å². The Labute approximate surface area is 119 Å². The minimum atomic E-state index is -0.355. The number of nitrogens with zero attached hydrogens (tertiary/aromatic N) is 1. The predicted molar refractivity (Wildman–Crippen MR) is 80.0 cm³/mol.